The van der Waals surface area contributed by atoms with Gasteiger partial charge in [-0.2, -0.15) is 0 Å². The molecule has 0 aromatic carbocycles. The molecule has 0 bridgehead atoms. The van der Waals surface area contributed by atoms with E-state index in [1.165, 1.54) is 0 Å². The summed E-state index contributed by atoms with van der Waals surface area (Å²) in [5.74, 6) is 0.234. The first-order valence-corrected chi connectivity index (χ1v) is 9.39. The third-order valence-corrected chi connectivity index (χ3v) is 4.15. The van der Waals surface area contributed by atoms with Gasteiger partial charge in [0, 0.05) is 38.8 Å². The van der Waals surface area contributed by atoms with Gasteiger partial charge in [0.1, 0.15) is 11.6 Å². The third-order valence-electron chi connectivity index (χ3n) is 4.15. The molecule has 0 saturated carbocycles. The molecule has 1 heterocycles. The van der Waals surface area contributed by atoms with Crippen molar-refractivity contribution in [3.8, 4) is 0 Å². The Hall–Kier alpha value is -1.38. The van der Waals surface area contributed by atoms with Crippen LogP contribution in [0, 0.1) is 5.92 Å². The summed E-state index contributed by atoms with van der Waals surface area (Å²) < 4.78 is 5.37. The van der Waals surface area contributed by atoms with E-state index >= 15 is 0 Å². The van der Waals surface area contributed by atoms with Crippen molar-refractivity contribution in [2.24, 2.45) is 11.7 Å². The summed E-state index contributed by atoms with van der Waals surface area (Å²) >= 11 is 0. The van der Waals surface area contributed by atoms with Crippen LogP contribution in [0.25, 0.3) is 0 Å². The van der Waals surface area contributed by atoms with E-state index in [9.17, 15) is 9.59 Å². The van der Waals surface area contributed by atoms with Crippen LogP contribution >= 0.6 is 0 Å². The van der Waals surface area contributed by atoms with Gasteiger partial charge in [-0.1, -0.05) is 13.8 Å². The minimum Gasteiger partial charge on any atom is -0.444 e. The molecule has 1 fully saturated rings. The topological polar surface area (TPSA) is 108 Å². The lowest BCUT2D eigenvalue weighted by Gasteiger charge is -2.37. The number of carbonyl (C=O) groups is 2. The molecular formula is C18H36N4O4. The van der Waals surface area contributed by atoms with Crippen LogP contribution in [0.5, 0.6) is 0 Å². The summed E-state index contributed by atoms with van der Waals surface area (Å²) in [5, 5.41) is 12.0. The quantitative estimate of drug-likeness (QED) is 0.597. The zero-order valence-corrected chi connectivity index (χ0v) is 16.8. The number of hydrogen-bond acceptors (Lipinski definition) is 6. The van der Waals surface area contributed by atoms with Gasteiger partial charge in [-0.25, -0.2) is 4.79 Å². The normalized spacial score (nSPS) is 18.5. The highest BCUT2D eigenvalue weighted by atomic mass is 16.6. The van der Waals surface area contributed by atoms with Crippen LogP contribution in [0.3, 0.4) is 0 Å². The Balaban J connectivity index is 2.54. The number of hydrogen-bond donors (Lipinski definition) is 3. The molecule has 0 aromatic rings. The smallest absolute Gasteiger partial charge is 0.407 e. The second kappa shape index (κ2) is 10.1. The van der Waals surface area contributed by atoms with Gasteiger partial charge in [-0.15, -0.1) is 0 Å². The fourth-order valence-corrected chi connectivity index (χ4v) is 3.00. The van der Waals surface area contributed by atoms with E-state index in [-0.39, 0.29) is 18.6 Å². The maximum Gasteiger partial charge on any atom is 0.407 e. The summed E-state index contributed by atoms with van der Waals surface area (Å²) in [7, 11) is 0. The van der Waals surface area contributed by atoms with E-state index in [1.54, 1.807) is 4.90 Å². The molecule has 152 valence electrons. The number of piperazine rings is 1. The highest BCUT2D eigenvalue weighted by Gasteiger charge is 2.27. The molecule has 4 N–H and O–H groups in total. The van der Waals surface area contributed by atoms with Crippen LogP contribution < -0.4 is 11.1 Å². The average molecular weight is 373 g/mol. The molecule has 0 radical (unpaired) electrons. The molecule has 2 atom stereocenters. The Kier molecular flexibility index (Phi) is 8.79. The summed E-state index contributed by atoms with van der Waals surface area (Å²) in [6.07, 6.45) is 0.458. The van der Waals surface area contributed by atoms with Crippen molar-refractivity contribution in [1.82, 2.24) is 15.1 Å². The predicted molar refractivity (Wildman–Crippen MR) is 101 cm³/mol. The zero-order chi connectivity index (χ0) is 19.9. The minimum atomic E-state index is -0.843. The predicted octanol–water partition coefficient (Wildman–Crippen LogP) is 0.390. The van der Waals surface area contributed by atoms with Crippen molar-refractivity contribution in [3.05, 3.63) is 0 Å². The minimum absolute atomic E-state index is 0.00759. The van der Waals surface area contributed by atoms with Gasteiger partial charge in [0.25, 0.3) is 0 Å². The van der Waals surface area contributed by atoms with E-state index in [2.05, 4.69) is 24.1 Å². The highest BCUT2D eigenvalue weighted by Crippen LogP contribution is 2.12. The van der Waals surface area contributed by atoms with Crippen molar-refractivity contribution < 1.29 is 19.4 Å². The average Bonchev–Trinajstić information content (AvgIpc) is 2.51. The molecule has 0 aliphatic carbocycles. The summed E-state index contributed by atoms with van der Waals surface area (Å²) in [6, 6.07) is -0.851. The molecule has 8 nitrogen and oxygen atoms in total. The van der Waals surface area contributed by atoms with Crippen LogP contribution in [-0.4, -0.2) is 83.9 Å². The number of nitrogens with two attached hydrogens (primary N) is 1. The SMILES string of the molecule is CC(C)CC(CN1CCN(C(=O)C(N)CO)CC1)NC(=O)OC(C)(C)C. The first kappa shape index (κ1) is 22.7. The molecule has 0 aromatic heterocycles. The van der Waals surface area contributed by atoms with Crippen molar-refractivity contribution in [3.63, 3.8) is 0 Å². The molecule has 26 heavy (non-hydrogen) atoms. The summed E-state index contributed by atoms with van der Waals surface area (Å²) in [5.41, 5.74) is 5.08. The lowest BCUT2D eigenvalue weighted by molar-refractivity contribution is -0.135. The first-order chi connectivity index (χ1) is 12.0. The number of alkyl carbamates (subject to hydrolysis) is 1. The monoisotopic (exact) mass is 372 g/mol. The number of aliphatic hydroxyl groups is 1. The zero-order valence-electron chi connectivity index (χ0n) is 16.8. The number of carbonyl (C=O) groups excluding carboxylic acids is 2. The second-order valence-corrected chi connectivity index (χ2v) is 8.39. The van der Waals surface area contributed by atoms with Crippen LogP contribution in [0.15, 0.2) is 0 Å². The fourth-order valence-electron chi connectivity index (χ4n) is 3.00. The Morgan fingerprint density at radius 1 is 1.19 bits per heavy atom. The van der Waals surface area contributed by atoms with Gasteiger partial charge in [0.2, 0.25) is 5.91 Å². The van der Waals surface area contributed by atoms with Crippen LogP contribution in [0.2, 0.25) is 0 Å². The molecule has 1 rings (SSSR count). The van der Waals surface area contributed by atoms with E-state index in [4.69, 9.17) is 15.6 Å². The van der Waals surface area contributed by atoms with Crippen LogP contribution in [-0.2, 0) is 9.53 Å². The summed E-state index contributed by atoms with van der Waals surface area (Å²) in [4.78, 5) is 28.1. The number of amides is 2. The largest absolute Gasteiger partial charge is 0.444 e. The third kappa shape index (κ3) is 8.33. The molecule has 8 heteroatoms. The molecule has 0 spiro atoms. The number of nitrogens with zero attached hydrogens (tertiary/aromatic N) is 2. The fraction of sp³-hybridized carbons (Fsp3) is 0.889. The van der Waals surface area contributed by atoms with Gasteiger partial charge in [-0.05, 0) is 33.1 Å². The van der Waals surface area contributed by atoms with Crippen molar-refractivity contribution in [2.45, 2.75) is 58.7 Å². The molecule has 2 unspecified atom stereocenters. The van der Waals surface area contributed by atoms with Gasteiger partial charge in [0.05, 0.1) is 6.61 Å². The van der Waals surface area contributed by atoms with E-state index < -0.39 is 17.7 Å². The standard InChI is InChI=1S/C18H36N4O4/c1-13(2)10-14(20-17(25)26-18(3,4)5)11-21-6-8-22(9-7-21)16(24)15(19)12-23/h13-15,23H,6-12,19H2,1-5H3,(H,20,25). The van der Waals surface area contributed by atoms with Crippen molar-refractivity contribution in [1.29, 1.82) is 0 Å². The maximum atomic E-state index is 12.1. The van der Waals surface area contributed by atoms with E-state index in [1.807, 2.05) is 20.8 Å². The second-order valence-electron chi connectivity index (χ2n) is 8.39. The van der Waals surface area contributed by atoms with E-state index in [0.29, 0.717) is 38.6 Å². The Morgan fingerprint density at radius 3 is 2.23 bits per heavy atom. The van der Waals surface area contributed by atoms with Crippen LogP contribution in [0.1, 0.15) is 41.0 Å². The molecule has 1 saturated heterocycles. The van der Waals surface area contributed by atoms with Crippen LogP contribution in [0.4, 0.5) is 4.79 Å². The highest BCUT2D eigenvalue weighted by molar-refractivity contribution is 5.81. The van der Waals surface area contributed by atoms with E-state index in [0.717, 1.165) is 6.42 Å². The lowest BCUT2D eigenvalue weighted by Crippen LogP contribution is -2.56. The Bertz CT molecular complexity index is 457. The maximum absolute atomic E-state index is 12.1. The molecule has 1 aliphatic heterocycles. The summed E-state index contributed by atoms with van der Waals surface area (Å²) in [6.45, 7) is 12.7. The molecule has 2 amide bonds. The molecule has 1 aliphatic rings. The number of nitrogens with one attached hydrogen (secondary N) is 1. The number of aliphatic hydroxyl groups excluding tert-OH is 1. The van der Waals surface area contributed by atoms with Crippen molar-refractivity contribution in [2.75, 3.05) is 39.3 Å². The van der Waals surface area contributed by atoms with Gasteiger partial charge < -0.3 is 25.8 Å². The first-order valence-electron chi connectivity index (χ1n) is 9.39. The van der Waals surface area contributed by atoms with Gasteiger partial charge >= 0.3 is 6.09 Å². The van der Waals surface area contributed by atoms with Gasteiger partial charge in [0.15, 0.2) is 0 Å². The lowest BCUT2D eigenvalue weighted by atomic mass is 10.0. The van der Waals surface area contributed by atoms with Crippen molar-refractivity contribution >= 4 is 12.0 Å². The Morgan fingerprint density at radius 2 is 1.77 bits per heavy atom. The number of ether oxygens (including phenoxy) is 1. The van der Waals surface area contributed by atoms with Gasteiger partial charge in [-0.3, -0.25) is 9.69 Å². The Labute approximate surface area is 157 Å². The molecular weight excluding hydrogens is 336 g/mol. The number of rotatable bonds is 7.